The highest BCUT2D eigenvalue weighted by molar-refractivity contribution is 7.11. The Hall–Kier alpha value is -1.47. The molecule has 0 N–H and O–H groups in total. The minimum atomic E-state index is -4.48. The Bertz CT molecular complexity index is 902. The minimum Gasteiger partial charge on any atom is -0.294 e. The van der Waals surface area contributed by atoms with Crippen LogP contribution < -0.4 is 0 Å². The predicted octanol–water partition coefficient (Wildman–Crippen LogP) is 7.10. The van der Waals surface area contributed by atoms with Crippen LogP contribution >= 0.6 is 22.9 Å². The summed E-state index contributed by atoms with van der Waals surface area (Å²) in [5.41, 5.74) is -0.850. The molecule has 0 spiro atoms. The Labute approximate surface area is 183 Å². The van der Waals surface area contributed by atoms with Gasteiger partial charge in [-0.1, -0.05) is 24.4 Å². The molecule has 0 unspecified atom stereocenters. The molecule has 0 atom stereocenters. The van der Waals surface area contributed by atoms with E-state index in [9.17, 15) is 18.0 Å². The molecule has 4 rings (SSSR count). The maximum atomic E-state index is 12.9. The zero-order valence-corrected chi connectivity index (χ0v) is 18.1. The quantitative estimate of drug-likeness (QED) is 0.417. The summed E-state index contributed by atoms with van der Waals surface area (Å²) in [6.07, 6.45) is 4.24. The van der Waals surface area contributed by atoms with Crippen molar-refractivity contribution in [2.75, 3.05) is 0 Å². The molecule has 2 aliphatic carbocycles. The number of aryl methyl sites for hydroxylation is 1. The van der Waals surface area contributed by atoms with Crippen molar-refractivity contribution in [1.29, 1.82) is 0 Å². The highest BCUT2D eigenvalue weighted by Crippen LogP contribution is 2.42. The number of aromatic nitrogens is 2. The number of hydrogen-bond donors (Lipinski definition) is 0. The summed E-state index contributed by atoms with van der Waals surface area (Å²) >= 11 is 7.75. The van der Waals surface area contributed by atoms with Gasteiger partial charge >= 0.3 is 6.18 Å². The van der Waals surface area contributed by atoms with Gasteiger partial charge in [0.05, 0.1) is 10.6 Å². The SMILES string of the molecule is O=C(CC1CCC(CCc2nnc(C3CC3)s2)CC1)c1cc(C(F)(F)F)ccc1Cl. The van der Waals surface area contributed by atoms with Crippen LogP contribution in [-0.2, 0) is 12.6 Å². The van der Waals surface area contributed by atoms with E-state index >= 15 is 0 Å². The van der Waals surface area contributed by atoms with Crippen molar-refractivity contribution >= 4 is 28.7 Å². The minimum absolute atomic E-state index is 0.0173. The number of Topliss-reactive ketones (excluding diaryl/α,β-unsaturated/α-hetero) is 1. The molecule has 8 heteroatoms. The molecule has 3 nitrogen and oxygen atoms in total. The molecule has 0 bridgehead atoms. The van der Waals surface area contributed by atoms with Gasteiger partial charge in [0.2, 0.25) is 0 Å². The van der Waals surface area contributed by atoms with E-state index in [2.05, 4.69) is 10.2 Å². The number of rotatable bonds is 7. The van der Waals surface area contributed by atoms with Crippen molar-refractivity contribution < 1.29 is 18.0 Å². The van der Waals surface area contributed by atoms with Crippen LogP contribution in [0.3, 0.4) is 0 Å². The number of carbonyl (C=O) groups is 1. The zero-order valence-electron chi connectivity index (χ0n) is 16.6. The Balaban J connectivity index is 1.25. The maximum Gasteiger partial charge on any atom is 0.416 e. The first-order valence-corrected chi connectivity index (χ1v) is 11.7. The lowest BCUT2D eigenvalue weighted by Crippen LogP contribution is -2.18. The summed E-state index contributed by atoms with van der Waals surface area (Å²) in [4.78, 5) is 12.6. The van der Waals surface area contributed by atoms with E-state index in [-0.39, 0.29) is 28.7 Å². The third-order valence-electron chi connectivity index (χ3n) is 6.21. The van der Waals surface area contributed by atoms with Gasteiger partial charge in [0.1, 0.15) is 10.0 Å². The van der Waals surface area contributed by atoms with Gasteiger partial charge in [-0.05, 0) is 62.1 Å². The van der Waals surface area contributed by atoms with E-state index < -0.39 is 11.7 Å². The lowest BCUT2D eigenvalue weighted by atomic mass is 9.77. The number of ketones is 1. The Morgan fingerprint density at radius 1 is 1.07 bits per heavy atom. The third kappa shape index (κ3) is 5.41. The highest BCUT2D eigenvalue weighted by atomic mass is 35.5. The fourth-order valence-corrected chi connectivity index (χ4v) is 5.45. The van der Waals surface area contributed by atoms with Crippen LogP contribution in [0.5, 0.6) is 0 Å². The molecular weight excluding hydrogens is 433 g/mol. The normalized spacial score (nSPS) is 22.3. The largest absolute Gasteiger partial charge is 0.416 e. The van der Waals surface area contributed by atoms with Gasteiger partial charge in [-0.25, -0.2) is 0 Å². The van der Waals surface area contributed by atoms with Gasteiger partial charge in [0, 0.05) is 24.3 Å². The lowest BCUT2D eigenvalue weighted by molar-refractivity contribution is -0.137. The summed E-state index contributed by atoms with van der Waals surface area (Å²) < 4.78 is 38.8. The lowest BCUT2D eigenvalue weighted by Gasteiger charge is -2.28. The van der Waals surface area contributed by atoms with Crippen molar-refractivity contribution in [1.82, 2.24) is 10.2 Å². The average Bonchev–Trinajstić information content (AvgIpc) is 3.45. The first-order valence-electron chi connectivity index (χ1n) is 10.5. The topological polar surface area (TPSA) is 42.9 Å². The molecule has 1 heterocycles. The number of halogens is 4. The Kier molecular flexibility index (Phi) is 6.49. The van der Waals surface area contributed by atoms with Crippen molar-refractivity contribution in [3.05, 3.63) is 44.4 Å². The van der Waals surface area contributed by atoms with E-state index in [1.165, 1.54) is 17.8 Å². The monoisotopic (exact) mass is 456 g/mol. The molecule has 2 saturated carbocycles. The third-order valence-corrected chi connectivity index (χ3v) is 7.69. The molecule has 1 aromatic carbocycles. The molecule has 2 aliphatic rings. The highest BCUT2D eigenvalue weighted by Gasteiger charge is 2.32. The van der Waals surface area contributed by atoms with Crippen LogP contribution in [0.4, 0.5) is 13.2 Å². The molecule has 2 fully saturated rings. The van der Waals surface area contributed by atoms with Crippen LogP contribution in [0.2, 0.25) is 5.02 Å². The van der Waals surface area contributed by atoms with Gasteiger partial charge < -0.3 is 0 Å². The summed E-state index contributed by atoms with van der Waals surface area (Å²) in [7, 11) is 0. The molecule has 0 amide bonds. The molecular formula is C22H24ClF3N2OS. The first kappa shape index (κ1) is 21.8. The first-order chi connectivity index (χ1) is 14.3. The number of hydrogen-bond acceptors (Lipinski definition) is 4. The van der Waals surface area contributed by atoms with Gasteiger partial charge in [-0.3, -0.25) is 4.79 Å². The maximum absolute atomic E-state index is 12.9. The van der Waals surface area contributed by atoms with Crippen molar-refractivity contribution in [3.8, 4) is 0 Å². The Morgan fingerprint density at radius 2 is 1.77 bits per heavy atom. The molecule has 30 heavy (non-hydrogen) atoms. The van der Waals surface area contributed by atoms with Crippen LogP contribution in [0.25, 0.3) is 0 Å². The van der Waals surface area contributed by atoms with E-state index in [0.29, 0.717) is 11.8 Å². The van der Waals surface area contributed by atoms with Gasteiger partial charge in [-0.2, -0.15) is 13.2 Å². The van der Waals surface area contributed by atoms with E-state index in [1.807, 2.05) is 0 Å². The number of benzene rings is 1. The van der Waals surface area contributed by atoms with Crippen molar-refractivity contribution in [3.63, 3.8) is 0 Å². The number of nitrogens with zero attached hydrogens (tertiary/aromatic N) is 2. The summed E-state index contributed by atoms with van der Waals surface area (Å²) in [5.74, 6) is 1.18. The van der Waals surface area contributed by atoms with Crippen LogP contribution in [-0.4, -0.2) is 16.0 Å². The van der Waals surface area contributed by atoms with Crippen molar-refractivity contribution in [2.24, 2.45) is 11.8 Å². The average molecular weight is 457 g/mol. The second-order valence-corrected chi connectivity index (χ2v) is 10.1. The number of alkyl halides is 3. The summed E-state index contributed by atoms with van der Waals surface area (Å²) in [5, 5.41) is 11.0. The van der Waals surface area contributed by atoms with Crippen molar-refractivity contribution in [2.45, 2.75) is 69.9 Å². The summed E-state index contributed by atoms with van der Waals surface area (Å²) in [6, 6.07) is 2.96. The van der Waals surface area contributed by atoms with Crippen LogP contribution in [0, 0.1) is 11.8 Å². The molecule has 162 valence electrons. The smallest absolute Gasteiger partial charge is 0.294 e. The van der Waals surface area contributed by atoms with E-state index in [0.717, 1.165) is 61.7 Å². The molecule has 1 aromatic heterocycles. The summed E-state index contributed by atoms with van der Waals surface area (Å²) in [6.45, 7) is 0. The predicted molar refractivity (Wildman–Crippen MR) is 111 cm³/mol. The van der Waals surface area contributed by atoms with E-state index in [1.54, 1.807) is 11.3 Å². The van der Waals surface area contributed by atoms with Gasteiger partial charge in [0.15, 0.2) is 5.78 Å². The fraction of sp³-hybridized carbons (Fsp3) is 0.591. The fourth-order valence-electron chi connectivity index (χ4n) is 4.20. The Morgan fingerprint density at radius 3 is 2.43 bits per heavy atom. The van der Waals surface area contributed by atoms with Crippen LogP contribution in [0.15, 0.2) is 18.2 Å². The number of carbonyl (C=O) groups excluding carboxylic acids is 1. The van der Waals surface area contributed by atoms with Gasteiger partial charge in [-0.15, -0.1) is 21.5 Å². The van der Waals surface area contributed by atoms with E-state index in [4.69, 9.17) is 11.6 Å². The molecule has 0 saturated heterocycles. The molecule has 2 aromatic rings. The zero-order chi connectivity index (χ0) is 21.3. The second-order valence-electron chi connectivity index (χ2n) is 8.55. The van der Waals surface area contributed by atoms with Crippen LogP contribution in [0.1, 0.15) is 83.2 Å². The molecule has 0 aliphatic heterocycles. The van der Waals surface area contributed by atoms with Gasteiger partial charge in [0.25, 0.3) is 0 Å². The second kappa shape index (κ2) is 8.95. The standard InChI is InChI=1S/C22H24ClF3N2OS/c23-18-9-8-16(22(24,25)26)12-17(18)19(29)11-14-3-1-13(2-4-14)5-10-20-27-28-21(30-20)15-6-7-15/h8-9,12-15H,1-7,10-11H2. The molecule has 0 radical (unpaired) electrons.